The minimum absolute atomic E-state index is 0.113. The first-order valence-corrected chi connectivity index (χ1v) is 6.73. The molecule has 0 aromatic carbocycles. The molecule has 3 rings (SSSR count). The van der Waals surface area contributed by atoms with E-state index in [1.54, 1.807) is 0 Å². The number of likely N-dealkylation sites (tertiary alicyclic amines) is 1. The topological polar surface area (TPSA) is 63.4 Å². The van der Waals surface area contributed by atoms with Crippen LogP contribution in [-0.2, 0) is 9.59 Å². The van der Waals surface area contributed by atoms with Crippen LogP contribution in [0.4, 0.5) is 0 Å². The smallest absolute Gasteiger partial charge is 0.225 e. The number of nitrogens with zero attached hydrogens (tertiary/aromatic N) is 1. The van der Waals surface area contributed by atoms with E-state index in [1.807, 2.05) is 4.90 Å². The van der Waals surface area contributed by atoms with Crippen LogP contribution in [0.2, 0.25) is 0 Å². The van der Waals surface area contributed by atoms with Gasteiger partial charge in [0, 0.05) is 19.0 Å². The molecule has 3 fully saturated rings. The molecule has 2 saturated carbocycles. The fraction of sp³-hybridized carbons (Fsp3) is 0.846. The normalized spacial score (nSPS) is 39.9. The van der Waals surface area contributed by atoms with Crippen LogP contribution in [0.3, 0.4) is 0 Å². The molecule has 4 unspecified atom stereocenters. The van der Waals surface area contributed by atoms with Crippen molar-refractivity contribution in [3.8, 4) is 0 Å². The molecular formula is C13H20N2O2. The second-order valence-corrected chi connectivity index (χ2v) is 5.95. The van der Waals surface area contributed by atoms with Crippen molar-refractivity contribution in [1.29, 1.82) is 0 Å². The maximum absolute atomic E-state index is 12.4. The van der Waals surface area contributed by atoms with Crippen molar-refractivity contribution in [2.24, 2.45) is 29.4 Å². The lowest BCUT2D eigenvalue weighted by atomic mass is 9.88. The quantitative estimate of drug-likeness (QED) is 0.769. The summed E-state index contributed by atoms with van der Waals surface area (Å²) in [6.07, 6.45) is 5.64. The van der Waals surface area contributed by atoms with Crippen molar-refractivity contribution >= 4 is 11.8 Å². The molecule has 17 heavy (non-hydrogen) atoms. The summed E-state index contributed by atoms with van der Waals surface area (Å²) in [5.41, 5.74) is 5.30. The number of nitrogens with two attached hydrogens (primary N) is 1. The first-order chi connectivity index (χ1) is 8.15. The van der Waals surface area contributed by atoms with Gasteiger partial charge in [-0.1, -0.05) is 6.42 Å². The van der Waals surface area contributed by atoms with E-state index in [0.29, 0.717) is 18.4 Å². The van der Waals surface area contributed by atoms with E-state index in [1.165, 1.54) is 19.3 Å². The summed E-state index contributed by atoms with van der Waals surface area (Å²) >= 11 is 0. The third-order valence-electron chi connectivity index (χ3n) is 4.96. The summed E-state index contributed by atoms with van der Waals surface area (Å²) in [7, 11) is 0. The Balaban J connectivity index is 1.62. The van der Waals surface area contributed by atoms with Crippen molar-refractivity contribution in [3.63, 3.8) is 0 Å². The first-order valence-electron chi connectivity index (χ1n) is 6.73. The summed E-state index contributed by atoms with van der Waals surface area (Å²) in [5.74, 6) is 1.59. The molecule has 1 heterocycles. The molecule has 4 atom stereocenters. The van der Waals surface area contributed by atoms with E-state index in [0.717, 1.165) is 25.3 Å². The van der Waals surface area contributed by atoms with Crippen molar-refractivity contribution in [1.82, 2.24) is 4.90 Å². The van der Waals surface area contributed by atoms with Crippen molar-refractivity contribution in [3.05, 3.63) is 0 Å². The predicted octanol–water partition coefficient (Wildman–Crippen LogP) is 0.756. The van der Waals surface area contributed by atoms with Gasteiger partial charge in [-0.25, -0.2) is 0 Å². The highest BCUT2D eigenvalue weighted by molar-refractivity contribution is 5.82. The molecule has 4 heteroatoms. The number of hydrogen-bond donors (Lipinski definition) is 1. The van der Waals surface area contributed by atoms with Gasteiger partial charge in [-0.15, -0.1) is 0 Å². The number of fused-ring (bicyclic) bond motifs is 2. The Morgan fingerprint density at radius 1 is 1.12 bits per heavy atom. The van der Waals surface area contributed by atoms with Gasteiger partial charge in [0.2, 0.25) is 11.8 Å². The summed E-state index contributed by atoms with van der Waals surface area (Å²) in [4.78, 5) is 25.4. The van der Waals surface area contributed by atoms with E-state index in [2.05, 4.69) is 0 Å². The van der Waals surface area contributed by atoms with Crippen LogP contribution in [0.15, 0.2) is 0 Å². The molecule has 2 amide bonds. The van der Waals surface area contributed by atoms with Gasteiger partial charge in [0.25, 0.3) is 0 Å². The third kappa shape index (κ3) is 1.83. The molecule has 0 radical (unpaired) electrons. The molecule has 2 aliphatic carbocycles. The number of amides is 2. The molecule has 1 saturated heterocycles. The number of carbonyl (C=O) groups excluding carboxylic acids is 2. The zero-order valence-electron chi connectivity index (χ0n) is 10.1. The molecule has 4 nitrogen and oxygen atoms in total. The average Bonchev–Trinajstić information content (AvgIpc) is 3.03. The number of carbonyl (C=O) groups is 2. The lowest BCUT2D eigenvalue weighted by Gasteiger charge is -2.26. The van der Waals surface area contributed by atoms with Gasteiger partial charge < -0.3 is 10.6 Å². The Kier molecular flexibility index (Phi) is 2.60. The van der Waals surface area contributed by atoms with Gasteiger partial charge in [-0.2, -0.15) is 0 Å². The van der Waals surface area contributed by atoms with Crippen molar-refractivity contribution in [2.75, 3.05) is 13.1 Å². The second kappa shape index (κ2) is 4.00. The minimum Gasteiger partial charge on any atom is -0.369 e. The van der Waals surface area contributed by atoms with Gasteiger partial charge in [-0.05, 0) is 37.5 Å². The highest BCUT2D eigenvalue weighted by Crippen LogP contribution is 2.49. The van der Waals surface area contributed by atoms with Crippen LogP contribution in [0.5, 0.6) is 0 Å². The summed E-state index contributed by atoms with van der Waals surface area (Å²) in [6, 6.07) is 0. The van der Waals surface area contributed by atoms with Crippen LogP contribution >= 0.6 is 0 Å². The second-order valence-electron chi connectivity index (χ2n) is 5.95. The van der Waals surface area contributed by atoms with Gasteiger partial charge in [-0.3, -0.25) is 9.59 Å². The molecule has 2 N–H and O–H groups in total. The standard InChI is InChI=1S/C13H20N2O2/c14-12(16)10-3-4-15(7-10)13(17)11-6-8-1-2-9(11)5-8/h8-11H,1-7H2,(H2,14,16). The van der Waals surface area contributed by atoms with Crippen LogP contribution in [0.25, 0.3) is 0 Å². The lowest BCUT2D eigenvalue weighted by Crippen LogP contribution is -2.37. The molecular weight excluding hydrogens is 216 g/mol. The molecule has 0 aromatic rings. The molecule has 2 bridgehead atoms. The highest BCUT2D eigenvalue weighted by atomic mass is 16.2. The highest BCUT2D eigenvalue weighted by Gasteiger charge is 2.45. The average molecular weight is 236 g/mol. The van der Waals surface area contributed by atoms with E-state index >= 15 is 0 Å². The maximum atomic E-state index is 12.4. The monoisotopic (exact) mass is 236 g/mol. The fourth-order valence-corrected chi connectivity index (χ4v) is 3.97. The maximum Gasteiger partial charge on any atom is 0.225 e. The largest absolute Gasteiger partial charge is 0.369 e. The Bertz CT molecular complexity index is 355. The number of primary amides is 1. The summed E-state index contributed by atoms with van der Waals surface area (Å²) in [5, 5.41) is 0. The zero-order valence-corrected chi connectivity index (χ0v) is 10.1. The van der Waals surface area contributed by atoms with Crippen molar-refractivity contribution in [2.45, 2.75) is 32.1 Å². The van der Waals surface area contributed by atoms with E-state index in [9.17, 15) is 9.59 Å². The van der Waals surface area contributed by atoms with Crippen LogP contribution in [0.1, 0.15) is 32.1 Å². The Morgan fingerprint density at radius 3 is 2.47 bits per heavy atom. The third-order valence-corrected chi connectivity index (χ3v) is 4.96. The zero-order chi connectivity index (χ0) is 12.0. The Hall–Kier alpha value is -1.06. The lowest BCUT2D eigenvalue weighted by molar-refractivity contribution is -0.136. The molecule has 3 aliphatic rings. The predicted molar refractivity (Wildman–Crippen MR) is 62.8 cm³/mol. The van der Waals surface area contributed by atoms with Crippen LogP contribution in [0, 0.1) is 23.7 Å². The van der Waals surface area contributed by atoms with E-state index < -0.39 is 0 Å². The first kappa shape index (κ1) is 11.1. The van der Waals surface area contributed by atoms with E-state index in [-0.39, 0.29) is 17.7 Å². The van der Waals surface area contributed by atoms with Crippen LogP contribution < -0.4 is 5.73 Å². The SMILES string of the molecule is NC(=O)C1CCN(C(=O)C2CC3CCC2C3)C1. The Labute approximate surface area is 102 Å². The number of rotatable bonds is 2. The molecule has 1 aliphatic heterocycles. The summed E-state index contributed by atoms with van der Waals surface area (Å²) < 4.78 is 0. The molecule has 0 aromatic heterocycles. The summed E-state index contributed by atoms with van der Waals surface area (Å²) in [6.45, 7) is 1.28. The Morgan fingerprint density at radius 2 is 1.94 bits per heavy atom. The fourth-order valence-electron chi connectivity index (χ4n) is 3.97. The number of hydrogen-bond acceptors (Lipinski definition) is 2. The van der Waals surface area contributed by atoms with Gasteiger partial charge in [0.1, 0.15) is 0 Å². The van der Waals surface area contributed by atoms with Gasteiger partial charge in [0.05, 0.1) is 5.92 Å². The van der Waals surface area contributed by atoms with Gasteiger partial charge in [0.15, 0.2) is 0 Å². The molecule has 94 valence electrons. The van der Waals surface area contributed by atoms with Gasteiger partial charge >= 0.3 is 0 Å². The van der Waals surface area contributed by atoms with Crippen LogP contribution in [-0.4, -0.2) is 29.8 Å². The van der Waals surface area contributed by atoms with Crippen molar-refractivity contribution < 1.29 is 9.59 Å². The minimum atomic E-state index is -0.256. The van der Waals surface area contributed by atoms with E-state index in [4.69, 9.17) is 5.73 Å². The molecule has 0 spiro atoms.